The second kappa shape index (κ2) is 8.88. The van der Waals surface area contributed by atoms with E-state index in [0.717, 1.165) is 25.2 Å². The van der Waals surface area contributed by atoms with Gasteiger partial charge in [-0.05, 0) is 103 Å². The Balaban J connectivity index is 1.56. The van der Waals surface area contributed by atoms with E-state index < -0.39 is 0 Å². The Hall–Kier alpha value is -0.600. The highest BCUT2D eigenvalue weighted by molar-refractivity contribution is 5.28. The summed E-state index contributed by atoms with van der Waals surface area (Å²) < 4.78 is 0. The number of hydrogen-bond donors (Lipinski definition) is 2. The van der Waals surface area contributed by atoms with E-state index >= 15 is 0 Å². The molecule has 0 amide bonds. The second-order valence-corrected chi connectivity index (χ2v) is 13.3. The topological polar surface area (TPSA) is 40.5 Å². The first-order chi connectivity index (χ1) is 15.0. The zero-order chi connectivity index (χ0) is 23.4. The van der Waals surface area contributed by atoms with Crippen LogP contribution in [0.25, 0.3) is 0 Å². The lowest BCUT2D eigenvalue weighted by molar-refractivity contribution is -0.0950. The number of hydrogen-bond acceptors (Lipinski definition) is 2. The number of aliphatic hydroxyl groups excluding tert-OH is 2. The van der Waals surface area contributed by atoms with Crippen molar-refractivity contribution in [1.29, 1.82) is 0 Å². The van der Waals surface area contributed by atoms with E-state index in [4.69, 9.17) is 0 Å². The highest BCUT2D eigenvalue weighted by Gasteiger charge is 2.61. The molecule has 0 aromatic rings. The van der Waals surface area contributed by atoms with Crippen LogP contribution < -0.4 is 0 Å². The van der Waals surface area contributed by atoms with Crippen LogP contribution in [0.5, 0.6) is 0 Å². The van der Waals surface area contributed by atoms with Gasteiger partial charge in [-0.3, -0.25) is 0 Å². The Kier molecular flexibility index (Phi) is 6.80. The molecule has 0 aromatic carbocycles. The predicted octanol–water partition coefficient (Wildman–Crippen LogP) is 7.02. The summed E-state index contributed by atoms with van der Waals surface area (Å²) in [6, 6.07) is 0. The Morgan fingerprint density at radius 2 is 1.56 bits per heavy atom. The van der Waals surface area contributed by atoms with Crippen LogP contribution in [0.15, 0.2) is 23.8 Å². The zero-order valence-corrected chi connectivity index (χ0v) is 21.8. The summed E-state index contributed by atoms with van der Waals surface area (Å²) in [5.74, 6) is 4.98. The van der Waals surface area contributed by atoms with Gasteiger partial charge >= 0.3 is 0 Å². The molecule has 0 radical (unpaired) electrons. The van der Waals surface area contributed by atoms with Crippen molar-refractivity contribution < 1.29 is 10.2 Å². The Bertz CT molecular complexity index is 727. The smallest absolute Gasteiger partial charge is 0.0757 e. The van der Waals surface area contributed by atoms with E-state index in [9.17, 15) is 10.2 Å². The molecule has 9 atom stereocenters. The molecule has 0 bridgehead atoms. The third-order valence-electron chi connectivity index (χ3n) is 11.0. The van der Waals surface area contributed by atoms with Gasteiger partial charge in [-0.1, -0.05) is 72.3 Å². The first-order valence-corrected chi connectivity index (χ1v) is 13.7. The zero-order valence-electron chi connectivity index (χ0n) is 21.8. The summed E-state index contributed by atoms with van der Waals surface area (Å²) in [5.41, 5.74) is 1.89. The van der Waals surface area contributed by atoms with Gasteiger partial charge in [-0.2, -0.15) is 0 Å². The Morgan fingerprint density at radius 3 is 2.22 bits per heavy atom. The highest BCUT2D eigenvalue weighted by atomic mass is 16.3. The fourth-order valence-corrected chi connectivity index (χ4v) is 9.19. The van der Waals surface area contributed by atoms with E-state index in [1.54, 1.807) is 0 Å². The van der Waals surface area contributed by atoms with Gasteiger partial charge in [0.1, 0.15) is 0 Å². The molecule has 2 heteroatoms. The van der Waals surface area contributed by atoms with E-state index in [1.165, 1.54) is 31.3 Å². The minimum absolute atomic E-state index is 0.190. The average Bonchev–Trinajstić information content (AvgIpc) is 3.06. The quantitative estimate of drug-likeness (QED) is 0.449. The minimum Gasteiger partial charge on any atom is -0.393 e. The lowest BCUT2D eigenvalue weighted by Crippen LogP contribution is -2.54. The molecule has 4 aliphatic carbocycles. The van der Waals surface area contributed by atoms with Gasteiger partial charge < -0.3 is 10.2 Å². The maximum absolute atomic E-state index is 11.4. The van der Waals surface area contributed by atoms with Gasteiger partial charge in [-0.15, -0.1) is 0 Å². The van der Waals surface area contributed by atoms with Crippen LogP contribution >= 0.6 is 0 Å². The first-order valence-electron chi connectivity index (χ1n) is 13.7. The second-order valence-electron chi connectivity index (χ2n) is 13.3. The third kappa shape index (κ3) is 3.96. The molecule has 182 valence electrons. The molecule has 4 unspecified atom stereocenters. The van der Waals surface area contributed by atoms with Crippen LogP contribution in [0.1, 0.15) is 93.4 Å². The third-order valence-corrected chi connectivity index (χ3v) is 11.0. The molecule has 2 N–H and O–H groups in total. The predicted molar refractivity (Wildman–Crippen MR) is 134 cm³/mol. The minimum atomic E-state index is -0.325. The first kappa shape index (κ1) is 24.5. The fraction of sp³-hybridized carbons (Fsp3) is 0.867. The van der Waals surface area contributed by atoms with Gasteiger partial charge in [-0.25, -0.2) is 0 Å². The number of rotatable bonds is 5. The molecule has 0 aliphatic heterocycles. The van der Waals surface area contributed by atoms with Crippen LogP contribution in [0.4, 0.5) is 0 Å². The average molecular weight is 443 g/mol. The summed E-state index contributed by atoms with van der Waals surface area (Å²) in [6.45, 7) is 16.9. The van der Waals surface area contributed by atoms with Crippen LogP contribution in [0, 0.1) is 58.2 Å². The van der Waals surface area contributed by atoms with Crippen LogP contribution in [0.2, 0.25) is 0 Å². The molecule has 32 heavy (non-hydrogen) atoms. The molecule has 2 nitrogen and oxygen atoms in total. The van der Waals surface area contributed by atoms with E-state index in [0.29, 0.717) is 46.8 Å². The summed E-state index contributed by atoms with van der Waals surface area (Å²) in [5, 5.41) is 21.6. The van der Waals surface area contributed by atoms with Crippen molar-refractivity contribution in [2.45, 2.75) is 106 Å². The molecule has 0 saturated heterocycles. The molecule has 0 aromatic heterocycles. The highest BCUT2D eigenvalue weighted by Crippen LogP contribution is 2.67. The molecule has 0 spiro atoms. The summed E-state index contributed by atoms with van der Waals surface area (Å²) in [4.78, 5) is 0. The van der Waals surface area contributed by atoms with E-state index in [1.807, 2.05) is 0 Å². The molecule has 4 aliphatic rings. The van der Waals surface area contributed by atoms with Crippen molar-refractivity contribution in [2.24, 2.45) is 58.2 Å². The maximum Gasteiger partial charge on any atom is 0.0757 e. The van der Waals surface area contributed by atoms with Crippen molar-refractivity contribution in [3.8, 4) is 0 Å². The van der Waals surface area contributed by atoms with Gasteiger partial charge in [0.15, 0.2) is 0 Å². The normalized spacial score (nSPS) is 45.2. The van der Waals surface area contributed by atoms with Crippen LogP contribution in [0.3, 0.4) is 0 Å². The van der Waals surface area contributed by atoms with E-state index in [-0.39, 0.29) is 17.6 Å². The summed E-state index contributed by atoms with van der Waals surface area (Å²) in [7, 11) is 0. The number of aliphatic hydroxyl groups is 2. The van der Waals surface area contributed by atoms with Gasteiger partial charge in [0, 0.05) is 0 Å². The summed E-state index contributed by atoms with van der Waals surface area (Å²) >= 11 is 0. The SMILES string of the molecule is CC(C)C(/C=C/C(C)[C@H]1CCC2C3C(CC[C@@]21C)[C@@]1(C)CC[C@H](O)CC1=C[C@@H]3O)C(C)C. The Labute approximate surface area is 198 Å². The molecule has 0 heterocycles. The Morgan fingerprint density at radius 1 is 0.875 bits per heavy atom. The summed E-state index contributed by atoms with van der Waals surface area (Å²) in [6.07, 6.45) is 14.6. The van der Waals surface area contributed by atoms with Crippen molar-refractivity contribution >= 4 is 0 Å². The maximum atomic E-state index is 11.4. The van der Waals surface area contributed by atoms with Crippen LogP contribution in [-0.2, 0) is 0 Å². The van der Waals surface area contributed by atoms with Gasteiger partial charge in [0.25, 0.3) is 0 Å². The number of fused-ring (bicyclic) bond motifs is 5. The molecular weight excluding hydrogens is 392 g/mol. The number of allylic oxidation sites excluding steroid dienone is 2. The van der Waals surface area contributed by atoms with Crippen molar-refractivity contribution in [2.75, 3.05) is 0 Å². The van der Waals surface area contributed by atoms with Gasteiger partial charge in [0.05, 0.1) is 12.2 Å². The van der Waals surface area contributed by atoms with Crippen molar-refractivity contribution in [3.63, 3.8) is 0 Å². The van der Waals surface area contributed by atoms with E-state index in [2.05, 4.69) is 66.7 Å². The molecule has 3 fully saturated rings. The largest absolute Gasteiger partial charge is 0.393 e. The standard InChI is InChI=1S/C30H50O2/c1-18(2)23(19(3)4)9-8-20(5)24-10-11-25-28-26(13-15-30(24,25)7)29(6)14-12-22(31)16-21(29)17-27(28)32/h8-9,17-20,22-28,31-32H,10-16H2,1-7H3/b9-8+/t20?,22-,24+,25?,26?,27-,28?,29-,30+/m0/s1. The molecule has 3 saturated carbocycles. The van der Waals surface area contributed by atoms with Crippen molar-refractivity contribution in [3.05, 3.63) is 23.8 Å². The monoisotopic (exact) mass is 442 g/mol. The molecule has 4 rings (SSSR count). The fourth-order valence-electron chi connectivity index (χ4n) is 9.19. The van der Waals surface area contributed by atoms with Gasteiger partial charge in [0.2, 0.25) is 0 Å². The van der Waals surface area contributed by atoms with Crippen LogP contribution in [-0.4, -0.2) is 22.4 Å². The lowest BCUT2D eigenvalue weighted by Gasteiger charge is -2.59. The lowest BCUT2D eigenvalue weighted by atomic mass is 9.46. The molecular formula is C30H50O2. The van der Waals surface area contributed by atoms with Crippen molar-refractivity contribution in [1.82, 2.24) is 0 Å².